The predicted molar refractivity (Wildman–Crippen MR) is 320 cm³/mol. The van der Waals surface area contributed by atoms with Gasteiger partial charge in [0.1, 0.15) is 35.1 Å². The van der Waals surface area contributed by atoms with E-state index in [-0.39, 0.29) is 70.6 Å². The Bertz CT molecular complexity index is 3250. The molecule has 24 nitrogen and oxygen atoms in total. The van der Waals surface area contributed by atoms with E-state index in [1.807, 2.05) is 9.80 Å². The molecule has 7 amide bonds. The summed E-state index contributed by atoms with van der Waals surface area (Å²) in [5.41, 5.74) is 1.14. The van der Waals surface area contributed by atoms with Gasteiger partial charge < -0.3 is 74.3 Å². The van der Waals surface area contributed by atoms with Crippen LogP contribution in [0.1, 0.15) is 33.6 Å². The van der Waals surface area contributed by atoms with Gasteiger partial charge in [-0.05, 0) is 91.3 Å². The quantitative estimate of drug-likeness (QED) is 0.0483. The molecule has 0 bridgehead atoms. The lowest BCUT2D eigenvalue weighted by molar-refractivity contribution is -0.384. The molecule has 11 rings (SSSR count). The number of amides is 7. The summed E-state index contributed by atoms with van der Waals surface area (Å²) in [5, 5.41) is 27.5. The molecule has 6 heterocycles. The highest BCUT2D eigenvalue weighted by Gasteiger charge is 2.30. The molecule has 5 aromatic carbocycles. The van der Waals surface area contributed by atoms with Crippen molar-refractivity contribution in [2.75, 3.05) is 152 Å². The number of carbonyl (C=O) groups excluding carboxylic acids is 6. The molecule has 6 aliphatic heterocycles. The zero-order valence-corrected chi connectivity index (χ0v) is 49.2. The van der Waals surface area contributed by atoms with E-state index in [1.54, 1.807) is 60.9 Å². The average molecular weight is 1260 g/mol. The number of nitrogens with zero attached hydrogens (tertiary/aromatic N) is 8. The Kier molecular flexibility index (Phi) is 24.1. The Hall–Kier alpha value is -8.83. The number of aliphatic hydroxyl groups excluding tert-OH is 1. The van der Waals surface area contributed by atoms with Crippen molar-refractivity contribution in [1.82, 2.24) is 29.8 Å². The Morgan fingerprint density at radius 2 is 1.03 bits per heavy atom. The number of halogens is 5. The fourth-order valence-electron chi connectivity index (χ4n) is 10.0. The van der Waals surface area contributed by atoms with Crippen LogP contribution in [0.3, 0.4) is 0 Å². The SMILES string of the molecule is O=C(Cl)Oc1ccc([N+](=O)[O-])cc1.O=C(Nc1ccc(N2CCN(C(=O)OC3CCOC3)CC2)c(F)c1)N1CCN(C(=O)c2cccc(F)c2)CC1.O=C(Nc1ccc(N2CCNCC2)c(F)c1)N1CCN(C(=O)c2cccc(F)c2)CC1.OC1CCOC1. The van der Waals surface area contributed by atoms with Gasteiger partial charge in [-0.3, -0.25) is 19.7 Å². The van der Waals surface area contributed by atoms with Gasteiger partial charge in [-0.15, -0.1) is 0 Å². The first kappa shape index (κ1) is 66.1. The summed E-state index contributed by atoms with van der Waals surface area (Å²) >= 11 is 4.92. The highest BCUT2D eigenvalue weighted by atomic mass is 35.5. The number of hydrogen-bond acceptors (Lipinski definition) is 16. The smallest absolute Gasteiger partial charge is 0.410 e. The van der Waals surface area contributed by atoms with Gasteiger partial charge in [-0.1, -0.05) is 12.1 Å². The summed E-state index contributed by atoms with van der Waals surface area (Å²) in [6.45, 7) is 9.73. The van der Waals surface area contributed by atoms with E-state index >= 15 is 0 Å². The second kappa shape index (κ2) is 32.4. The highest BCUT2D eigenvalue weighted by molar-refractivity contribution is 6.61. The molecule has 29 heteroatoms. The van der Waals surface area contributed by atoms with Gasteiger partial charge in [0.2, 0.25) is 0 Å². The van der Waals surface area contributed by atoms with E-state index in [1.165, 1.54) is 72.8 Å². The van der Waals surface area contributed by atoms with E-state index in [9.17, 15) is 56.4 Å². The molecular weight excluding hydrogens is 1190 g/mol. The van der Waals surface area contributed by atoms with Gasteiger partial charge in [-0.25, -0.2) is 36.7 Å². The minimum absolute atomic E-state index is 0.0747. The molecule has 6 fully saturated rings. The largest absolute Gasteiger partial charge is 0.444 e. The molecule has 2 atom stereocenters. The van der Waals surface area contributed by atoms with Crippen molar-refractivity contribution in [2.24, 2.45) is 0 Å². The first-order valence-corrected chi connectivity index (χ1v) is 29.2. The fourth-order valence-corrected chi connectivity index (χ4v) is 10.1. The zero-order chi connectivity index (χ0) is 63.4. The van der Waals surface area contributed by atoms with E-state index < -0.39 is 27.8 Å². The minimum atomic E-state index is -0.978. The summed E-state index contributed by atoms with van der Waals surface area (Å²) in [6.07, 6.45) is 0.766. The van der Waals surface area contributed by atoms with Gasteiger partial charge in [0, 0.05) is 164 Å². The maximum Gasteiger partial charge on any atom is 0.410 e. The normalized spacial score (nSPS) is 18.2. The Morgan fingerprint density at radius 3 is 1.44 bits per heavy atom. The molecule has 6 aliphatic rings. The Morgan fingerprint density at radius 1 is 0.573 bits per heavy atom. The maximum absolute atomic E-state index is 15.0. The van der Waals surface area contributed by atoms with Crippen molar-refractivity contribution < 1.29 is 75.3 Å². The number of aliphatic hydroxyl groups is 1. The number of anilines is 4. The third-order valence-corrected chi connectivity index (χ3v) is 15.0. The summed E-state index contributed by atoms with van der Waals surface area (Å²) in [5.74, 6) is -2.15. The molecule has 4 N–H and O–H groups in total. The molecule has 476 valence electrons. The average Bonchev–Trinajstić information content (AvgIpc) is 4.11. The van der Waals surface area contributed by atoms with Crippen molar-refractivity contribution in [3.63, 3.8) is 0 Å². The van der Waals surface area contributed by atoms with E-state index in [0.717, 1.165) is 39.2 Å². The predicted octanol–water partition coefficient (Wildman–Crippen LogP) is 7.47. The maximum atomic E-state index is 15.0. The van der Waals surface area contributed by atoms with Gasteiger partial charge in [0.05, 0.1) is 42.2 Å². The molecule has 2 unspecified atom stereocenters. The number of piperazine rings is 4. The number of nitrogens with one attached hydrogen (secondary N) is 3. The summed E-state index contributed by atoms with van der Waals surface area (Å²) < 4.78 is 76.3. The number of rotatable bonds is 9. The molecule has 89 heavy (non-hydrogen) atoms. The summed E-state index contributed by atoms with van der Waals surface area (Å²) in [7, 11) is 0. The number of non-ortho nitro benzene ring substituents is 1. The van der Waals surface area contributed by atoms with Gasteiger partial charge in [-0.2, -0.15) is 0 Å². The minimum Gasteiger partial charge on any atom is -0.444 e. The number of benzene rings is 5. The second-order valence-electron chi connectivity index (χ2n) is 21.0. The fraction of sp³-hybridized carbons (Fsp3) is 0.400. The summed E-state index contributed by atoms with van der Waals surface area (Å²) in [4.78, 5) is 94.5. The monoisotopic (exact) mass is 1260 g/mol. The molecule has 0 aromatic heterocycles. The Balaban J connectivity index is 0.000000180. The van der Waals surface area contributed by atoms with Crippen LogP contribution in [-0.4, -0.2) is 213 Å². The van der Waals surface area contributed by atoms with E-state index in [4.69, 9.17) is 30.9 Å². The van der Waals surface area contributed by atoms with Gasteiger partial charge in [0.25, 0.3) is 17.5 Å². The number of hydrogen-bond donors (Lipinski definition) is 4. The number of nitro groups is 1. The number of ether oxygens (including phenoxy) is 4. The number of carbonyl (C=O) groups is 6. The van der Waals surface area contributed by atoms with Crippen LogP contribution in [0.5, 0.6) is 5.75 Å². The van der Waals surface area contributed by atoms with Crippen LogP contribution >= 0.6 is 11.6 Å². The van der Waals surface area contributed by atoms with E-state index in [0.29, 0.717) is 128 Å². The number of nitro benzene ring substituents is 1. The van der Waals surface area contributed by atoms with Crippen molar-refractivity contribution >= 4 is 75.4 Å². The molecule has 0 radical (unpaired) electrons. The van der Waals surface area contributed by atoms with Crippen molar-refractivity contribution in [1.29, 1.82) is 0 Å². The van der Waals surface area contributed by atoms with E-state index in [2.05, 4.69) is 20.7 Å². The molecular formula is C60H68ClF4N11O13. The van der Waals surface area contributed by atoms with Crippen LogP contribution in [-0.2, 0) is 14.2 Å². The van der Waals surface area contributed by atoms with Crippen LogP contribution in [0, 0.1) is 33.4 Å². The highest BCUT2D eigenvalue weighted by Crippen LogP contribution is 2.27. The molecule has 0 spiro atoms. The standard InChI is InChI=1S/C27H31F2N5O5.C22H25F2N5O2.C7H4ClNO4.C4H8O2/c28-20-3-1-2-19(16-20)25(35)32-9-11-33(12-10-32)26(36)30-21-4-5-24(23(29)17-21)31-7-13-34(14-8-31)27(37)39-22-6-15-38-18-22;23-17-3-1-2-16(14-17)21(30)28-10-12-29(13-11-28)22(31)26-18-4-5-20(19(24)15-18)27-8-6-25-7-9-27;8-7(10)13-6-3-1-5(2-4-6)9(11)12;5-4-1-2-6-3-4/h1-5,16-17,22H,6-15,18H2,(H,30,36);1-5,14-15,25H,6-13H2,(H,26,31);1-4H;4-5H,1-3H2. The lowest BCUT2D eigenvalue weighted by Gasteiger charge is -2.36. The molecule has 0 saturated carbocycles. The van der Waals surface area contributed by atoms with Crippen molar-refractivity contribution in [3.05, 3.63) is 154 Å². The Labute approximate surface area is 514 Å². The van der Waals surface area contributed by atoms with Crippen molar-refractivity contribution in [3.8, 4) is 5.75 Å². The van der Waals surface area contributed by atoms with Crippen LogP contribution in [0.2, 0.25) is 0 Å². The summed E-state index contributed by atoms with van der Waals surface area (Å²) in [6, 6.07) is 24.6. The molecule has 0 aliphatic carbocycles. The molecule has 5 aromatic rings. The first-order valence-electron chi connectivity index (χ1n) is 28.8. The lowest BCUT2D eigenvalue weighted by atomic mass is 10.2. The second-order valence-corrected chi connectivity index (χ2v) is 21.3. The van der Waals surface area contributed by atoms with Crippen LogP contribution in [0.25, 0.3) is 0 Å². The lowest BCUT2D eigenvalue weighted by Crippen LogP contribution is -2.51. The van der Waals surface area contributed by atoms with Crippen LogP contribution in [0.4, 0.5) is 65.2 Å². The van der Waals surface area contributed by atoms with Crippen molar-refractivity contribution in [2.45, 2.75) is 25.0 Å². The first-order chi connectivity index (χ1) is 42.9. The van der Waals surface area contributed by atoms with Gasteiger partial charge in [0.15, 0.2) is 0 Å². The van der Waals surface area contributed by atoms with Crippen LogP contribution in [0.15, 0.2) is 109 Å². The third-order valence-electron chi connectivity index (χ3n) is 14.9. The zero-order valence-electron chi connectivity index (χ0n) is 48.4. The third kappa shape index (κ3) is 19.6. The van der Waals surface area contributed by atoms with Gasteiger partial charge >= 0.3 is 23.6 Å². The molecule has 6 saturated heterocycles. The topological polar surface area (TPSA) is 261 Å². The van der Waals surface area contributed by atoms with Crippen LogP contribution < -0.4 is 30.5 Å². The number of urea groups is 2.